The van der Waals surface area contributed by atoms with Crippen LogP contribution >= 0.6 is 63.7 Å². The molecule has 0 saturated carbocycles. The molecule has 73 heavy (non-hydrogen) atoms. The van der Waals surface area contributed by atoms with Crippen LogP contribution in [-0.2, 0) is 28.5 Å². The second kappa shape index (κ2) is 28.9. The Morgan fingerprint density at radius 3 is 1.47 bits per heavy atom. The predicted molar refractivity (Wildman–Crippen MR) is 285 cm³/mol. The van der Waals surface area contributed by atoms with Crippen LogP contribution in [0.15, 0.2) is 143 Å². The van der Waals surface area contributed by atoms with Gasteiger partial charge >= 0.3 is 29.8 Å². The van der Waals surface area contributed by atoms with Gasteiger partial charge < -0.3 is 32.5 Å². The minimum atomic E-state index is -1.55. The molecule has 0 aliphatic heterocycles. The van der Waals surface area contributed by atoms with E-state index in [0.717, 1.165) is 36.1 Å². The van der Waals surface area contributed by atoms with E-state index < -0.39 is 66.8 Å². The first kappa shape index (κ1) is 56.9. The summed E-state index contributed by atoms with van der Waals surface area (Å²) in [5.74, 6) is -3.08. The van der Waals surface area contributed by atoms with Crippen molar-refractivity contribution in [2.24, 2.45) is 5.92 Å². The quantitative estimate of drug-likeness (QED) is 0.0270. The van der Waals surface area contributed by atoms with Crippen LogP contribution in [0.1, 0.15) is 162 Å². The number of rotatable bonds is 27. The fraction of sp³-hybridized carbons (Fsp3) is 0.364. The Kier molecular flexibility index (Phi) is 22.5. The third-order valence-corrected chi connectivity index (χ3v) is 13.7. The van der Waals surface area contributed by atoms with Gasteiger partial charge in [-0.15, -0.1) is 0 Å². The van der Waals surface area contributed by atoms with E-state index >= 15 is 0 Å². The number of aromatic nitrogens is 2. The average molecular weight is 1260 g/mol. The zero-order valence-electron chi connectivity index (χ0n) is 40.5. The second-order valence-corrected chi connectivity index (χ2v) is 21.4. The summed E-state index contributed by atoms with van der Waals surface area (Å²) in [5.41, 5.74) is 0.598. The summed E-state index contributed by atoms with van der Waals surface area (Å²) < 4.78 is 44.9. The molecule has 0 spiro atoms. The molecular formula is C55H56Br4N2O12. The van der Waals surface area contributed by atoms with Crippen molar-refractivity contribution in [1.82, 2.24) is 9.97 Å². The van der Waals surface area contributed by atoms with E-state index in [1.807, 2.05) is 0 Å². The van der Waals surface area contributed by atoms with Crippen molar-refractivity contribution in [3.05, 3.63) is 173 Å². The molecule has 0 N–H and O–H groups in total. The van der Waals surface area contributed by atoms with Crippen LogP contribution in [0.3, 0.4) is 0 Å². The number of esters is 5. The number of halogens is 4. The Morgan fingerprint density at radius 2 is 0.986 bits per heavy atom. The maximum Gasteiger partial charge on any atom is 0.338 e. The molecule has 0 unspecified atom stereocenters. The highest BCUT2D eigenvalue weighted by Crippen LogP contribution is 2.34. The highest BCUT2D eigenvalue weighted by molar-refractivity contribution is 9.11. The van der Waals surface area contributed by atoms with Gasteiger partial charge in [0.1, 0.15) is 24.2 Å². The molecule has 18 heteroatoms. The van der Waals surface area contributed by atoms with Crippen LogP contribution < -0.4 is 0 Å². The van der Waals surface area contributed by atoms with Gasteiger partial charge in [0, 0.05) is 30.7 Å². The zero-order valence-corrected chi connectivity index (χ0v) is 46.9. The third kappa shape index (κ3) is 18.2. The molecule has 0 saturated heterocycles. The number of nitrogens with zero attached hydrogens (tertiary/aromatic N) is 2. The number of carbonyl (C=O) groups is 5. The summed E-state index contributed by atoms with van der Waals surface area (Å²) in [6.07, 6.45) is 6.02. The number of carbonyl (C=O) groups excluding carboxylic acids is 5. The lowest BCUT2D eigenvalue weighted by Gasteiger charge is -2.32. The largest absolute Gasteiger partial charge is 0.455 e. The summed E-state index contributed by atoms with van der Waals surface area (Å²) in [7, 11) is 0. The van der Waals surface area contributed by atoms with Crippen LogP contribution in [0.25, 0.3) is 0 Å². The number of hydrogen-bond donors (Lipinski definition) is 0. The summed E-state index contributed by atoms with van der Waals surface area (Å²) in [5, 5.41) is 0. The van der Waals surface area contributed by atoms with Crippen LogP contribution in [0.4, 0.5) is 0 Å². The number of oxazole rings is 2. The Labute approximate surface area is 458 Å². The van der Waals surface area contributed by atoms with Gasteiger partial charge in [-0.05, 0) is 116 Å². The smallest absolute Gasteiger partial charge is 0.338 e. The molecular weight excluding hydrogens is 1200 g/mol. The van der Waals surface area contributed by atoms with Crippen molar-refractivity contribution in [1.29, 1.82) is 0 Å². The van der Waals surface area contributed by atoms with E-state index in [0.29, 0.717) is 19.8 Å². The van der Waals surface area contributed by atoms with Crippen molar-refractivity contribution < 1.29 is 56.5 Å². The first-order valence-electron chi connectivity index (χ1n) is 24.0. The van der Waals surface area contributed by atoms with Gasteiger partial charge in [0.2, 0.25) is 12.0 Å². The summed E-state index contributed by atoms with van der Waals surface area (Å²) in [6, 6.07) is 25.5. The molecule has 6 aromatic rings. The van der Waals surface area contributed by atoms with E-state index in [2.05, 4.69) is 82.6 Å². The van der Waals surface area contributed by atoms with Gasteiger partial charge in [-0.3, -0.25) is 4.79 Å². The lowest BCUT2D eigenvalue weighted by molar-refractivity contribution is -0.149. The molecule has 0 bridgehead atoms. The maximum absolute atomic E-state index is 14.2. The normalized spacial score (nSPS) is 13.3. The van der Waals surface area contributed by atoms with Crippen LogP contribution in [-0.4, -0.2) is 58.1 Å². The molecule has 2 aromatic heterocycles. The molecule has 6 rings (SSSR count). The van der Waals surface area contributed by atoms with Crippen molar-refractivity contribution in [3.63, 3.8) is 0 Å². The van der Waals surface area contributed by atoms with Gasteiger partial charge in [0.25, 0.3) is 0 Å². The van der Waals surface area contributed by atoms with Gasteiger partial charge in [0.15, 0.2) is 24.4 Å². The highest BCUT2D eigenvalue weighted by atomic mass is 79.9. The number of benzene rings is 4. The fourth-order valence-corrected chi connectivity index (χ4v) is 8.69. The van der Waals surface area contributed by atoms with Crippen LogP contribution in [0.5, 0.6) is 0 Å². The Balaban J connectivity index is 1.32. The van der Waals surface area contributed by atoms with Crippen molar-refractivity contribution >= 4 is 93.6 Å². The molecule has 4 aromatic carbocycles. The van der Waals surface area contributed by atoms with E-state index in [4.69, 9.17) is 37.5 Å². The zero-order chi connectivity index (χ0) is 52.3. The van der Waals surface area contributed by atoms with Crippen LogP contribution in [0.2, 0.25) is 0 Å². The molecule has 0 amide bonds. The van der Waals surface area contributed by atoms with Crippen LogP contribution in [0, 0.1) is 5.92 Å². The highest BCUT2D eigenvalue weighted by Gasteiger charge is 2.41. The van der Waals surface area contributed by atoms with E-state index in [1.165, 1.54) is 75.7 Å². The molecule has 2 heterocycles. The van der Waals surface area contributed by atoms with Gasteiger partial charge in [-0.2, -0.15) is 0 Å². The lowest BCUT2D eigenvalue weighted by Crippen LogP contribution is -2.45. The Morgan fingerprint density at radius 1 is 0.534 bits per heavy atom. The van der Waals surface area contributed by atoms with Crippen molar-refractivity contribution in [2.45, 2.75) is 122 Å². The summed E-state index contributed by atoms with van der Waals surface area (Å²) in [6.45, 7) is 5.98. The average Bonchev–Trinajstić information content (AvgIpc) is 4.10. The monoisotopic (exact) mass is 1250 g/mol. The van der Waals surface area contributed by atoms with Crippen molar-refractivity contribution in [3.8, 4) is 0 Å². The lowest BCUT2D eigenvalue weighted by atomic mass is 10.00. The second-order valence-electron chi connectivity index (χ2n) is 17.7. The van der Waals surface area contributed by atoms with Gasteiger partial charge in [-0.1, -0.05) is 129 Å². The van der Waals surface area contributed by atoms with E-state index in [1.54, 1.807) is 72.8 Å². The molecule has 0 radical (unpaired) electrons. The minimum absolute atomic E-state index is 0.00702. The van der Waals surface area contributed by atoms with E-state index in [9.17, 15) is 24.0 Å². The number of ether oxygens (including phenoxy) is 5. The molecule has 14 nitrogen and oxygen atoms in total. The number of hydrogen-bond acceptors (Lipinski definition) is 14. The summed E-state index contributed by atoms with van der Waals surface area (Å²) >= 11 is 13.5. The Bertz CT molecular complexity index is 2690. The predicted octanol–water partition coefficient (Wildman–Crippen LogP) is 14.9. The molecule has 0 aliphatic carbocycles. The standard InChI is InChI=1S/C55H56Br4N2O12/c1-34(2)12-10-8-6-4-5-7-9-11-13-48(62)72-50(47-31-60-33-68-47)51-61-44(32-67-51)45(70-53(64)37-16-24-41(57)25-17-37)30-46(71-54(65)38-18-26-42(58)27-19-38)49(73-55(66)39-20-28-43(59)29-21-39)35(3)69-52(63)36-14-22-40(56)23-15-36/h14-29,31-35,45-46,49-50H,4-13,30H2,1-3H3/t35-,45+,46-,49+,50+/m1/s1. The first-order chi connectivity index (χ1) is 35.1. The molecule has 0 aliphatic rings. The van der Waals surface area contributed by atoms with Gasteiger partial charge in [-0.25, -0.2) is 29.1 Å². The fourth-order valence-electron chi connectivity index (χ4n) is 7.63. The Hall–Kier alpha value is -5.43. The molecule has 5 atom stereocenters. The molecule has 386 valence electrons. The SMILES string of the molecule is CC(C)CCCCCCCCCCC(=O)O[C@@H](c1cnco1)c1nc([C@H](C[C@@H](OC(=O)c2ccc(Br)cc2)[C@@H](OC(=O)c2ccc(Br)cc2)[C@@H](C)OC(=O)c2ccc(Br)cc2)OC(=O)c2ccc(Br)cc2)co1. The molecule has 0 fully saturated rings. The van der Waals surface area contributed by atoms with Crippen molar-refractivity contribution in [2.75, 3.05) is 0 Å². The topological polar surface area (TPSA) is 184 Å². The van der Waals surface area contributed by atoms with E-state index in [-0.39, 0.29) is 46.0 Å². The first-order valence-corrected chi connectivity index (χ1v) is 27.2. The summed E-state index contributed by atoms with van der Waals surface area (Å²) in [4.78, 5) is 78.1. The third-order valence-electron chi connectivity index (χ3n) is 11.6. The number of unbranched alkanes of at least 4 members (excludes halogenated alkanes) is 7. The maximum atomic E-state index is 14.2. The van der Waals surface area contributed by atoms with Gasteiger partial charge in [0.05, 0.1) is 28.5 Å². The minimum Gasteiger partial charge on any atom is -0.455 e.